The van der Waals surface area contributed by atoms with E-state index in [1.807, 2.05) is 0 Å². The highest BCUT2D eigenvalue weighted by Gasteiger charge is 2.00. The Kier molecular flexibility index (Phi) is 10.2. The van der Waals surface area contributed by atoms with Crippen molar-refractivity contribution in [1.29, 1.82) is 0 Å². The van der Waals surface area contributed by atoms with Gasteiger partial charge in [0.2, 0.25) is 0 Å². The zero-order valence-corrected chi connectivity index (χ0v) is 10.3. The van der Waals surface area contributed by atoms with Gasteiger partial charge in [0, 0.05) is 0 Å². The number of quaternary nitrogens is 1. The maximum Gasteiger partial charge on any atom is 0.0967 e. The van der Waals surface area contributed by atoms with Gasteiger partial charge in [-0.05, 0) is 18.9 Å². The summed E-state index contributed by atoms with van der Waals surface area (Å²) in [5.41, 5.74) is 0. The first-order chi connectivity index (χ1) is 5.56. The molecule has 0 spiro atoms. The molecule has 0 aromatic heterocycles. The average Bonchev–Trinajstić information content (AvgIpc) is 1.94. The van der Waals surface area contributed by atoms with Crippen LogP contribution in [0, 0.1) is 0 Å². The molecule has 0 aliphatic rings. The van der Waals surface area contributed by atoms with Gasteiger partial charge in [0.25, 0.3) is 0 Å². The van der Waals surface area contributed by atoms with Crippen LogP contribution in [-0.4, -0.2) is 32.2 Å². The second-order valence-electron chi connectivity index (χ2n) is 4.44. The van der Waals surface area contributed by atoms with Gasteiger partial charge in [-0.25, -0.2) is 0 Å². The van der Waals surface area contributed by atoms with Crippen molar-refractivity contribution in [1.82, 2.24) is 0 Å². The number of rotatable bonds is 6. The largest absolute Gasteiger partial charge is 1.00 e. The quantitative estimate of drug-likeness (QED) is 0.321. The molecule has 0 N–H and O–H groups in total. The second kappa shape index (κ2) is 8.58. The third-order valence-electron chi connectivity index (χ3n) is 1.79. The van der Waals surface area contributed by atoms with Crippen LogP contribution in [0.3, 0.4) is 0 Å². The lowest BCUT2D eigenvalue weighted by molar-refractivity contribution is -0.864. The van der Waals surface area contributed by atoms with E-state index in [9.17, 15) is 0 Å². The summed E-state index contributed by atoms with van der Waals surface area (Å²) in [6.07, 6.45) is 9.92. The normalized spacial score (nSPS) is 11.7. The van der Waals surface area contributed by atoms with Gasteiger partial charge in [-0.1, -0.05) is 25.8 Å². The molecule has 0 rings (SSSR count). The van der Waals surface area contributed by atoms with E-state index in [-0.39, 0.29) is 12.4 Å². The van der Waals surface area contributed by atoms with Gasteiger partial charge < -0.3 is 16.9 Å². The predicted octanol–water partition coefficient (Wildman–Crippen LogP) is -0.167. The molecule has 2 heteroatoms. The molecule has 0 saturated carbocycles. The molecule has 0 saturated heterocycles. The zero-order chi connectivity index (χ0) is 9.45. The Labute approximate surface area is 89.8 Å². The Morgan fingerprint density at radius 2 is 1.62 bits per heavy atom. The SMILES string of the molecule is CCCCC/C=C/C[N+](C)(C)C.[Cl-]. The van der Waals surface area contributed by atoms with Crippen molar-refractivity contribution in [2.45, 2.75) is 32.6 Å². The molecular formula is C11H24ClN. The molecule has 0 aromatic carbocycles. The van der Waals surface area contributed by atoms with Crippen molar-refractivity contribution in [3.05, 3.63) is 12.2 Å². The zero-order valence-electron chi connectivity index (χ0n) is 9.52. The highest BCUT2D eigenvalue weighted by molar-refractivity contribution is 4.80. The van der Waals surface area contributed by atoms with Crippen LogP contribution in [-0.2, 0) is 0 Å². The lowest BCUT2D eigenvalue weighted by atomic mass is 10.2. The first-order valence-electron chi connectivity index (χ1n) is 5.01. The topological polar surface area (TPSA) is 0 Å². The summed E-state index contributed by atoms with van der Waals surface area (Å²) in [6.45, 7) is 3.39. The molecule has 13 heavy (non-hydrogen) atoms. The van der Waals surface area contributed by atoms with Crippen molar-refractivity contribution in [2.75, 3.05) is 27.7 Å². The summed E-state index contributed by atoms with van der Waals surface area (Å²) in [6, 6.07) is 0. The highest BCUT2D eigenvalue weighted by atomic mass is 35.5. The first-order valence-corrected chi connectivity index (χ1v) is 5.01. The summed E-state index contributed by atoms with van der Waals surface area (Å²) < 4.78 is 1.03. The van der Waals surface area contributed by atoms with Crippen molar-refractivity contribution in [3.63, 3.8) is 0 Å². The molecule has 0 bridgehead atoms. The number of nitrogens with zero attached hydrogens (tertiary/aromatic N) is 1. The smallest absolute Gasteiger partial charge is 0.0967 e. The van der Waals surface area contributed by atoms with E-state index in [2.05, 4.69) is 40.2 Å². The Bertz CT molecular complexity index is 125. The molecule has 0 aliphatic carbocycles. The van der Waals surface area contributed by atoms with Crippen LogP contribution in [0.2, 0.25) is 0 Å². The standard InChI is InChI=1S/C11H24N.ClH/c1-5-6-7-8-9-10-11-12(2,3)4;/h9-10H,5-8,11H2,1-4H3;1H/q+1;/p-1/b10-9+;. The average molecular weight is 206 g/mol. The molecule has 0 amide bonds. The van der Waals surface area contributed by atoms with Crippen LogP contribution in [0.4, 0.5) is 0 Å². The third kappa shape index (κ3) is 14.8. The van der Waals surface area contributed by atoms with Gasteiger partial charge in [0.15, 0.2) is 0 Å². The summed E-state index contributed by atoms with van der Waals surface area (Å²) in [4.78, 5) is 0. The van der Waals surface area contributed by atoms with Gasteiger partial charge in [-0.3, -0.25) is 0 Å². The molecule has 0 unspecified atom stereocenters. The summed E-state index contributed by atoms with van der Waals surface area (Å²) >= 11 is 0. The Morgan fingerprint density at radius 3 is 2.08 bits per heavy atom. The molecule has 0 aliphatic heterocycles. The van der Waals surface area contributed by atoms with E-state index < -0.39 is 0 Å². The Hall–Kier alpha value is -0.0100. The van der Waals surface area contributed by atoms with Gasteiger partial charge in [0.05, 0.1) is 27.7 Å². The second-order valence-corrected chi connectivity index (χ2v) is 4.44. The first kappa shape index (κ1) is 15.5. The molecule has 1 nitrogen and oxygen atoms in total. The van der Waals surface area contributed by atoms with Crippen LogP contribution in [0.25, 0.3) is 0 Å². The minimum absolute atomic E-state index is 0. The molecule has 80 valence electrons. The fourth-order valence-corrected chi connectivity index (χ4v) is 1.02. The van der Waals surface area contributed by atoms with Crippen LogP contribution in [0.15, 0.2) is 12.2 Å². The van der Waals surface area contributed by atoms with E-state index in [0.29, 0.717) is 0 Å². The van der Waals surface area contributed by atoms with Crippen molar-refractivity contribution < 1.29 is 16.9 Å². The third-order valence-corrected chi connectivity index (χ3v) is 1.79. The van der Waals surface area contributed by atoms with E-state index in [1.165, 1.54) is 25.7 Å². The fourth-order valence-electron chi connectivity index (χ4n) is 1.02. The summed E-state index contributed by atoms with van der Waals surface area (Å²) in [7, 11) is 6.66. The van der Waals surface area contributed by atoms with E-state index in [1.54, 1.807) is 0 Å². The number of hydrogen-bond donors (Lipinski definition) is 0. The monoisotopic (exact) mass is 205 g/mol. The molecule has 0 heterocycles. The highest BCUT2D eigenvalue weighted by Crippen LogP contribution is 2.00. The molecule has 0 aromatic rings. The Balaban J connectivity index is 0. The van der Waals surface area contributed by atoms with E-state index in [0.717, 1.165) is 11.0 Å². The van der Waals surface area contributed by atoms with Crippen molar-refractivity contribution in [2.24, 2.45) is 0 Å². The molecule has 0 fully saturated rings. The van der Waals surface area contributed by atoms with Crippen LogP contribution in [0.1, 0.15) is 32.6 Å². The lowest BCUT2D eigenvalue weighted by Gasteiger charge is -2.21. The number of likely N-dealkylation sites (N-methyl/N-ethyl adjacent to an activating group) is 1. The molecular weight excluding hydrogens is 182 g/mol. The molecule has 0 atom stereocenters. The van der Waals surface area contributed by atoms with Crippen molar-refractivity contribution in [3.8, 4) is 0 Å². The van der Waals surface area contributed by atoms with E-state index >= 15 is 0 Å². The van der Waals surface area contributed by atoms with Gasteiger partial charge >= 0.3 is 0 Å². The van der Waals surface area contributed by atoms with Crippen LogP contribution in [0.5, 0.6) is 0 Å². The lowest BCUT2D eigenvalue weighted by Crippen LogP contribution is -3.00. The fraction of sp³-hybridized carbons (Fsp3) is 0.818. The maximum absolute atomic E-state index is 2.32. The predicted molar refractivity (Wildman–Crippen MR) is 56.2 cm³/mol. The summed E-state index contributed by atoms with van der Waals surface area (Å²) in [5.74, 6) is 0. The summed E-state index contributed by atoms with van der Waals surface area (Å²) in [5, 5.41) is 0. The van der Waals surface area contributed by atoms with Gasteiger partial charge in [-0.15, -0.1) is 0 Å². The van der Waals surface area contributed by atoms with Crippen LogP contribution >= 0.6 is 0 Å². The maximum atomic E-state index is 2.32. The minimum Gasteiger partial charge on any atom is -1.00 e. The number of hydrogen-bond acceptors (Lipinski definition) is 0. The van der Waals surface area contributed by atoms with E-state index in [4.69, 9.17) is 0 Å². The van der Waals surface area contributed by atoms with Gasteiger partial charge in [0.1, 0.15) is 0 Å². The van der Waals surface area contributed by atoms with Gasteiger partial charge in [-0.2, -0.15) is 0 Å². The number of allylic oxidation sites excluding steroid dienone is 1. The number of unbranched alkanes of at least 4 members (excludes halogenated alkanes) is 3. The van der Waals surface area contributed by atoms with Crippen LogP contribution < -0.4 is 12.4 Å². The number of halogens is 1. The minimum atomic E-state index is 0. The Morgan fingerprint density at radius 1 is 1.00 bits per heavy atom. The van der Waals surface area contributed by atoms with Crippen molar-refractivity contribution >= 4 is 0 Å². The molecule has 0 radical (unpaired) electrons.